The number of nitrogen functional groups attached to an aromatic ring is 1. The summed E-state index contributed by atoms with van der Waals surface area (Å²) < 4.78 is 50.9. The molecule has 0 spiro atoms. The molecule has 0 fully saturated rings. The number of anilines is 2. The van der Waals surface area contributed by atoms with Crippen molar-refractivity contribution < 1.29 is 17.6 Å². The van der Waals surface area contributed by atoms with Crippen LogP contribution < -0.4 is 10.6 Å². The number of nitrogens with two attached hydrogens (primary N) is 1. The van der Waals surface area contributed by atoms with Gasteiger partial charge in [-0.25, -0.2) is 4.39 Å². The van der Waals surface area contributed by atoms with Crippen molar-refractivity contribution in [3.8, 4) is 11.3 Å². The molecule has 0 aliphatic carbocycles. The molecule has 3 nitrogen and oxygen atoms in total. The number of rotatable bonds is 3. The highest BCUT2D eigenvalue weighted by molar-refractivity contribution is 6.33. The summed E-state index contributed by atoms with van der Waals surface area (Å²) in [5.41, 5.74) is 6.10. The monoisotopic (exact) mass is 333 g/mol. The van der Waals surface area contributed by atoms with E-state index in [2.05, 4.69) is 4.98 Å². The molecule has 0 aliphatic heterocycles. The highest BCUT2D eigenvalue weighted by Gasteiger charge is 2.29. The second-order valence-electron chi connectivity index (χ2n) is 4.72. The van der Waals surface area contributed by atoms with E-state index in [0.29, 0.717) is 0 Å². The Balaban J connectivity index is 2.39. The third-order valence-corrected chi connectivity index (χ3v) is 3.28. The minimum Gasteiger partial charge on any atom is -0.396 e. The van der Waals surface area contributed by atoms with E-state index in [1.54, 1.807) is 0 Å². The second-order valence-corrected chi connectivity index (χ2v) is 5.13. The minimum absolute atomic E-state index is 0.112. The molecule has 1 aromatic heterocycles. The molecule has 22 heavy (non-hydrogen) atoms. The highest BCUT2D eigenvalue weighted by Crippen LogP contribution is 2.32. The SMILES string of the molecule is CN(CC(F)(F)F)c1ccnc(-c2cc(F)c(N)cc2Cl)c1. The van der Waals surface area contributed by atoms with Gasteiger partial charge in [-0.2, -0.15) is 13.2 Å². The van der Waals surface area contributed by atoms with Crippen molar-refractivity contribution in [3.05, 3.63) is 41.3 Å². The smallest absolute Gasteiger partial charge is 0.396 e. The molecule has 118 valence electrons. The number of aromatic nitrogens is 1. The fourth-order valence-electron chi connectivity index (χ4n) is 1.92. The van der Waals surface area contributed by atoms with Crippen molar-refractivity contribution in [2.24, 2.45) is 0 Å². The van der Waals surface area contributed by atoms with Crippen LogP contribution >= 0.6 is 11.6 Å². The van der Waals surface area contributed by atoms with Crippen molar-refractivity contribution in [2.45, 2.75) is 6.18 Å². The van der Waals surface area contributed by atoms with Gasteiger partial charge in [0.05, 0.1) is 16.4 Å². The molecule has 0 bridgehead atoms. The Hall–Kier alpha value is -2.02. The van der Waals surface area contributed by atoms with Crippen molar-refractivity contribution in [1.29, 1.82) is 0 Å². The summed E-state index contributed by atoms with van der Waals surface area (Å²) >= 11 is 5.99. The van der Waals surface area contributed by atoms with Crippen LogP contribution in [0.4, 0.5) is 28.9 Å². The van der Waals surface area contributed by atoms with Crippen LogP contribution in [0.5, 0.6) is 0 Å². The van der Waals surface area contributed by atoms with E-state index in [1.165, 1.54) is 31.4 Å². The molecule has 0 saturated carbocycles. The first-order chi connectivity index (χ1) is 10.2. The fraction of sp³-hybridized carbons (Fsp3) is 0.214. The molecule has 0 atom stereocenters. The second kappa shape index (κ2) is 6.00. The van der Waals surface area contributed by atoms with Gasteiger partial charge in [0.15, 0.2) is 0 Å². The zero-order chi connectivity index (χ0) is 16.5. The number of nitrogens with zero attached hydrogens (tertiary/aromatic N) is 2. The van der Waals surface area contributed by atoms with Gasteiger partial charge >= 0.3 is 6.18 Å². The fourth-order valence-corrected chi connectivity index (χ4v) is 2.19. The molecule has 2 N–H and O–H groups in total. The van der Waals surface area contributed by atoms with Crippen LogP contribution in [0.3, 0.4) is 0 Å². The Labute approximate surface area is 129 Å². The minimum atomic E-state index is -4.33. The number of halogens is 5. The lowest BCUT2D eigenvalue weighted by atomic mass is 10.1. The van der Waals surface area contributed by atoms with Gasteiger partial charge in [-0.05, 0) is 24.3 Å². The van der Waals surface area contributed by atoms with Crippen LogP contribution in [0.15, 0.2) is 30.5 Å². The molecule has 2 rings (SSSR count). The lowest BCUT2D eigenvalue weighted by Crippen LogP contribution is -2.30. The Bertz CT molecular complexity index is 688. The summed E-state index contributed by atoms with van der Waals surface area (Å²) in [6.45, 7) is -1.11. The quantitative estimate of drug-likeness (QED) is 0.678. The maximum absolute atomic E-state index is 13.6. The summed E-state index contributed by atoms with van der Waals surface area (Å²) in [4.78, 5) is 5.04. The summed E-state index contributed by atoms with van der Waals surface area (Å²) in [6, 6.07) is 5.17. The zero-order valence-corrected chi connectivity index (χ0v) is 12.2. The molecular formula is C14H12ClF4N3. The molecule has 1 aromatic carbocycles. The molecule has 2 aromatic rings. The van der Waals surface area contributed by atoms with Gasteiger partial charge in [-0.1, -0.05) is 11.6 Å². The molecule has 0 radical (unpaired) electrons. The molecule has 0 amide bonds. The van der Waals surface area contributed by atoms with E-state index in [1.807, 2.05) is 0 Å². The maximum Gasteiger partial charge on any atom is 0.405 e. The van der Waals surface area contributed by atoms with Gasteiger partial charge in [0.2, 0.25) is 0 Å². The lowest BCUT2D eigenvalue weighted by Gasteiger charge is -2.21. The summed E-state index contributed by atoms with van der Waals surface area (Å²) in [5, 5.41) is 0.169. The highest BCUT2D eigenvalue weighted by atomic mass is 35.5. The van der Waals surface area contributed by atoms with Gasteiger partial charge in [0.25, 0.3) is 0 Å². The lowest BCUT2D eigenvalue weighted by molar-refractivity contribution is -0.119. The Morgan fingerprint density at radius 2 is 1.95 bits per heavy atom. The Kier molecular flexibility index (Phi) is 4.46. The van der Waals surface area contributed by atoms with E-state index in [0.717, 1.165) is 11.0 Å². The standard InChI is InChI=1S/C14H12ClF4N3/c1-22(7-14(17,18)19)8-2-3-21-13(4-8)9-5-11(16)12(20)6-10(9)15/h2-6H,7,20H2,1H3. The molecule has 0 unspecified atom stereocenters. The average molecular weight is 334 g/mol. The molecule has 0 aliphatic rings. The van der Waals surface area contributed by atoms with Gasteiger partial charge in [0.1, 0.15) is 12.4 Å². The van der Waals surface area contributed by atoms with Crippen LogP contribution in [0.2, 0.25) is 5.02 Å². The largest absolute Gasteiger partial charge is 0.405 e. The van der Waals surface area contributed by atoms with Crippen LogP contribution in [0.1, 0.15) is 0 Å². The van der Waals surface area contributed by atoms with Crippen molar-refractivity contribution in [2.75, 3.05) is 24.2 Å². The number of hydrogen-bond acceptors (Lipinski definition) is 3. The number of hydrogen-bond donors (Lipinski definition) is 1. The van der Waals surface area contributed by atoms with Crippen LogP contribution in [-0.2, 0) is 0 Å². The predicted molar refractivity (Wildman–Crippen MR) is 78.4 cm³/mol. The van der Waals surface area contributed by atoms with E-state index < -0.39 is 18.5 Å². The molecule has 8 heteroatoms. The zero-order valence-electron chi connectivity index (χ0n) is 11.5. The van der Waals surface area contributed by atoms with E-state index >= 15 is 0 Å². The Morgan fingerprint density at radius 1 is 1.27 bits per heavy atom. The van der Waals surface area contributed by atoms with Crippen LogP contribution in [0.25, 0.3) is 11.3 Å². The van der Waals surface area contributed by atoms with E-state index in [9.17, 15) is 17.6 Å². The van der Waals surface area contributed by atoms with Gasteiger partial charge in [0, 0.05) is 24.5 Å². The Morgan fingerprint density at radius 3 is 2.59 bits per heavy atom. The summed E-state index contributed by atoms with van der Waals surface area (Å²) in [6.07, 6.45) is -2.99. The first kappa shape index (κ1) is 16.4. The first-order valence-electron chi connectivity index (χ1n) is 6.16. The number of alkyl halides is 3. The van der Waals surface area contributed by atoms with Gasteiger partial charge < -0.3 is 10.6 Å². The third-order valence-electron chi connectivity index (χ3n) is 2.96. The van der Waals surface area contributed by atoms with Gasteiger partial charge in [-0.15, -0.1) is 0 Å². The number of benzene rings is 1. The van der Waals surface area contributed by atoms with Crippen molar-refractivity contribution >= 4 is 23.0 Å². The predicted octanol–water partition coefficient (Wildman–Crippen LogP) is 4.12. The van der Waals surface area contributed by atoms with Crippen LogP contribution in [0, 0.1) is 5.82 Å². The number of pyridine rings is 1. The van der Waals surface area contributed by atoms with Crippen molar-refractivity contribution in [3.63, 3.8) is 0 Å². The molecular weight excluding hydrogens is 322 g/mol. The van der Waals surface area contributed by atoms with Crippen molar-refractivity contribution in [1.82, 2.24) is 4.98 Å². The molecule has 1 heterocycles. The average Bonchev–Trinajstić information content (AvgIpc) is 2.41. The topological polar surface area (TPSA) is 42.2 Å². The normalized spacial score (nSPS) is 11.5. The third kappa shape index (κ3) is 3.79. The first-order valence-corrected chi connectivity index (χ1v) is 6.54. The summed E-state index contributed by atoms with van der Waals surface area (Å²) in [5.74, 6) is -0.671. The maximum atomic E-state index is 13.6. The summed E-state index contributed by atoms with van der Waals surface area (Å²) in [7, 11) is 1.30. The molecule has 0 saturated heterocycles. The van der Waals surface area contributed by atoms with Crippen LogP contribution in [-0.4, -0.2) is 24.8 Å². The van der Waals surface area contributed by atoms with E-state index in [-0.39, 0.29) is 27.7 Å². The van der Waals surface area contributed by atoms with Gasteiger partial charge in [-0.3, -0.25) is 4.98 Å². The van der Waals surface area contributed by atoms with E-state index in [4.69, 9.17) is 17.3 Å².